The average Bonchev–Trinajstić information content (AvgIpc) is 3.22. The first-order valence-corrected chi connectivity index (χ1v) is 9.56. The van der Waals surface area contributed by atoms with Crippen molar-refractivity contribution in [1.29, 1.82) is 0 Å². The minimum atomic E-state index is -0.298. The molecule has 2 heterocycles. The van der Waals surface area contributed by atoms with Crippen molar-refractivity contribution < 1.29 is 4.39 Å². The van der Waals surface area contributed by atoms with Crippen molar-refractivity contribution in [3.05, 3.63) is 34.5 Å². The average molecular weight is 373 g/mol. The van der Waals surface area contributed by atoms with E-state index in [1.165, 1.54) is 35.8 Å². The molecule has 0 amide bonds. The van der Waals surface area contributed by atoms with Crippen molar-refractivity contribution in [2.24, 2.45) is 5.92 Å². The van der Waals surface area contributed by atoms with E-state index in [1.54, 1.807) is 12.3 Å². The summed E-state index contributed by atoms with van der Waals surface area (Å²) in [5, 5.41) is 9.71. The Balaban J connectivity index is 1.55. The van der Waals surface area contributed by atoms with Gasteiger partial charge in [-0.05, 0) is 55.9 Å². The summed E-state index contributed by atoms with van der Waals surface area (Å²) >= 11 is 8.90. The number of halogens is 2. The molecule has 1 aromatic carbocycles. The second-order valence-corrected chi connectivity index (χ2v) is 7.53. The molecule has 0 bridgehead atoms. The molecule has 1 aromatic heterocycles. The number of nitrogens with one attached hydrogen (secondary N) is 3. The maximum absolute atomic E-state index is 14.2. The van der Waals surface area contributed by atoms with Gasteiger partial charge in [0.1, 0.15) is 5.82 Å². The SMILES string of the molecule is Fc1cc(NCCC2CCNC2)c(Cl)cc1SNc1nccs1. The molecular weight excluding hydrogens is 355 g/mol. The maximum atomic E-state index is 14.2. The summed E-state index contributed by atoms with van der Waals surface area (Å²) in [4.78, 5) is 4.55. The maximum Gasteiger partial charge on any atom is 0.192 e. The third kappa shape index (κ3) is 4.73. The predicted octanol–water partition coefficient (Wildman–Crippen LogP) is 4.47. The number of anilines is 2. The highest BCUT2D eigenvalue weighted by atomic mass is 35.5. The fraction of sp³-hybridized carbons (Fsp3) is 0.400. The van der Waals surface area contributed by atoms with Crippen molar-refractivity contribution >= 4 is 45.7 Å². The zero-order valence-corrected chi connectivity index (χ0v) is 14.8. The van der Waals surface area contributed by atoms with Gasteiger partial charge in [0.05, 0.1) is 15.6 Å². The zero-order valence-electron chi connectivity index (χ0n) is 12.4. The van der Waals surface area contributed by atoms with E-state index >= 15 is 0 Å². The quantitative estimate of drug-likeness (QED) is 0.626. The van der Waals surface area contributed by atoms with E-state index in [9.17, 15) is 4.39 Å². The van der Waals surface area contributed by atoms with Gasteiger partial charge in [0.15, 0.2) is 5.13 Å². The molecule has 3 N–H and O–H groups in total. The number of benzene rings is 1. The fourth-order valence-corrected chi connectivity index (χ4v) is 4.05. The Kier molecular flexibility index (Phi) is 5.99. The molecule has 1 unspecified atom stereocenters. The third-order valence-electron chi connectivity index (χ3n) is 3.73. The number of hydrogen-bond donors (Lipinski definition) is 3. The molecule has 1 atom stereocenters. The number of hydrogen-bond acceptors (Lipinski definition) is 6. The van der Waals surface area contributed by atoms with Crippen LogP contribution in [0.15, 0.2) is 28.6 Å². The Hall–Kier alpha value is -1.02. The lowest BCUT2D eigenvalue weighted by molar-refractivity contribution is 0.549. The van der Waals surface area contributed by atoms with Crippen molar-refractivity contribution in [2.45, 2.75) is 17.7 Å². The van der Waals surface area contributed by atoms with Crippen molar-refractivity contribution in [3.63, 3.8) is 0 Å². The molecule has 1 saturated heterocycles. The van der Waals surface area contributed by atoms with Crippen LogP contribution < -0.4 is 15.4 Å². The topological polar surface area (TPSA) is 49.0 Å². The highest BCUT2D eigenvalue weighted by Gasteiger charge is 2.14. The summed E-state index contributed by atoms with van der Waals surface area (Å²) in [5.41, 5.74) is 0.647. The predicted molar refractivity (Wildman–Crippen MR) is 97.1 cm³/mol. The van der Waals surface area contributed by atoms with E-state index in [0.29, 0.717) is 21.5 Å². The van der Waals surface area contributed by atoms with E-state index in [4.69, 9.17) is 11.6 Å². The van der Waals surface area contributed by atoms with Gasteiger partial charge in [0.2, 0.25) is 0 Å². The second kappa shape index (κ2) is 8.19. The van der Waals surface area contributed by atoms with Gasteiger partial charge in [-0.15, -0.1) is 11.3 Å². The Labute approximate surface area is 148 Å². The van der Waals surface area contributed by atoms with Gasteiger partial charge in [-0.1, -0.05) is 11.6 Å². The lowest BCUT2D eigenvalue weighted by atomic mass is 10.1. The smallest absolute Gasteiger partial charge is 0.192 e. The van der Waals surface area contributed by atoms with E-state index < -0.39 is 0 Å². The number of thiazole rings is 1. The molecule has 124 valence electrons. The first-order valence-electron chi connectivity index (χ1n) is 7.48. The van der Waals surface area contributed by atoms with E-state index in [0.717, 1.165) is 31.2 Å². The van der Waals surface area contributed by atoms with E-state index in [2.05, 4.69) is 20.3 Å². The molecule has 3 rings (SSSR count). The molecule has 0 saturated carbocycles. The summed E-state index contributed by atoms with van der Waals surface area (Å²) in [5.74, 6) is 0.400. The highest BCUT2D eigenvalue weighted by Crippen LogP contribution is 2.32. The van der Waals surface area contributed by atoms with Crippen LogP contribution in [0.3, 0.4) is 0 Å². The molecule has 1 fully saturated rings. The summed E-state index contributed by atoms with van der Waals surface area (Å²) in [6.45, 7) is 2.97. The third-order valence-corrected chi connectivity index (χ3v) is 5.69. The molecule has 0 aliphatic carbocycles. The minimum Gasteiger partial charge on any atom is -0.384 e. The van der Waals surface area contributed by atoms with Gasteiger partial charge in [-0.25, -0.2) is 9.37 Å². The van der Waals surface area contributed by atoms with Crippen LogP contribution in [0.2, 0.25) is 5.02 Å². The van der Waals surface area contributed by atoms with Crippen LogP contribution in [0.4, 0.5) is 15.2 Å². The van der Waals surface area contributed by atoms with Crippen molar-refractivity contribution in [1.82, 2.24) is 10.3 Å². The first kappa shape index (κ1) is 16.8. The first-order chi connectivity index (χ1) is 11.2. The van der Waals surface area contributed by atoms with Crippen LogP contribution >= 0.6 is 34.9 Å². The number of aromatic nitrogens is 1. The lowest BCUT2D eigenvalue weighted by Gasteiger charge is -2.13. The van der Waals surface area contributed by atoms with Gasteiger partial charge in [-0.3, -0.25) is 0 Å². The van der Waals surface area contributed by atoms with Gasteiger partial charge in [0, 0.05) is 18.1 Å². The highest BCUT2D eigenvalue weighted by molar-refractivity contribution is 8.00. The number of rotatable bonds is 7. The standard InChI is InChI=1S/C15H18ClFN4S2/c16-11-7-14(23-21-15-20-5-6-22-15)12(17)8-13(11)19-4-2-10-1-3-18-9-10/h5-8,10,18-19H,1-4,9H2,(H,20,21). The molecule has 4 nitrogen and oxygen atoms in total. The second-order valence-electron chi connectivity index (χ2n) is 5.38. The largest absolute Gasteiger partial charge is 0.384 e. The minimum absolute atomic E-state index is 0.298. The Morgan fingerprint density at radius 2 is 2.39 bits per heavy atom. The fourth-order valence-electron chi connectivity index (χ4n) is 2.49. The zero-order chi connectivity index (χ0) is 16.1. The Morgan fingerprint density at radius 3 is 3.13 bits per heavy atom. The summed E-state index contributed by atoms with van der Waals surface area (Å²) < 4.78 is 17.2. The van der Waals surface area contributed by atoms with Gasteiger partial charge >= 0.3 is 0 Å². The summed E-state index contributed by atoms with van der Waals surface area (Å²) in [6, 6.07) is 3.10. The normalized spacial score (nSPS) is 17.4. The Morgan fingerprint density at radius 1 is 1.48 bits per heavy atom. The van der Waals surface area contributed by atoms with Gasteiger partial charge in [0.25, 0.3) is 0 Å². The van der Waals surface area contributed by atoms with E-state index in [1.807, 2.05) is 5.38 Å². The number of nitrogens with zero attached hydrogens (tertiary/aromatic N) is 1. The monoisotopic (exact) mass is 372 g/mol. The van der Waals surface area contributed by atoms with Crippen LogP contribution in [0.1, 0.15) is 12.8 Å². The molecule has 1 aliphatic heterocycles. The van der Waals surface area contributed by atoms with Crippen LogP contribution in [0, 0.1) is 11.7 Å². The van der Waals surface area contributed by atoms with Crippen LogP contribution in [-0.2, 0) is 0 Å². The van der Waals surface area contributed by atoms with E-state index in [-0.39, 0.29) is 5.82 Å². The van der Waals surface area contributed by atoms with Crippen LogP contribution in [0.25, 0.3) is 0 Å². The Bertz CT molecular complexity index is 633. The van der Waals surface area contributed by atoms with Crippen LogP contribution in [-0.4, -0.2) is 24.6 Å². The molecule has 8 heteroatoms. The molecule has 0 radical (unpaired) electrons. The van der Waals surface area contributed by atoms with Gasteiger partial charge in [-0.2, -0.15) is 0 Å². The van der Waals surface area contributed by atoms with Crippen molar-refractivity contribution in [3.8, 4) is 0 Å². The molecule has 2 aromatic rings. The lowest BCUT2D eigenvalue weighted by Crippen LogP contribution is -2.13. The summed E-state index contributed by atoms with van der Waals surface area (Å²) in [7, 11) is 0. The molecule has 0 spiro atoms. The molecular formula is C15H18ClFN4S2. The summed E-state index contributed by atoms with van der Waals surface area (Å²) in [6.07, 6.45) is 3.97. The molecule has 1 aliphatic rings. The van der Waals surface area contributed by atoms with Crippen molar-refractivity contribution in [2.75, 3.05) is 29.7 Å². The van der Waals surface area contributed by atoms with Gasteiger partial charge < -0.3 is 15.4 Å². The molecule has 23 heavy (non-hydrogen) atoms. The van der Waals surface area contributed by atoms with Crippen LogP contribution in [0.5, 0.6) is 0 Å².